The predicted octanol–water partition coefficient (Wildman–Crippen LogP) is 2.21. The highest BCUT2D eigenvalue weighted by molar-refractivity contribution is 5.87. The molecule has 0 aromatic heterocycles. The number of carbonyl (C=O) groups excluding carboxylic acids is 1. The van der Waals surface area contributed by atoms with Crippen molar-refractivity contribution in [3.05, 3.63) is 71.8 Å². The van der Waals surface area contributed by atoms with Gasteiger partial charge >= 0.3 is 0 Å². The van der Waals surface area contributed by atoms with Crippen molar-refractivity contribution in [1.29, 1.82) is 0 Å². The largest absolute Gasteiger partial charge is 0.342 e. The van der Waals surface area contributed by atoms with Gasteiger partial charge in [-0.3, -0.25) is 10.1 Å². The molecular formula is C17H18N2O. The van der Waals surface area contributed by atoms with Crippen molar-refractivity contribution in [2.75, 3.05) is 13.6 Å². The molecule has 1 saturated heterocycles. The lowest BCUT2D eigenvalue weighted by atomic mass is 9.96. The molecule has 0 bridgehead atoms. The topological polar surface area (TPSA) is 32.3 Å². The molecular weight excluding hydrogens is 248 g/mol. The lowest BCUT2D eigenvalue weighted by Crippen LogP contribution is -2.61. The second-order valence-electron chi connectivity index (χ2n) is 5.19. The van der Waals surface area contributed by atoms with Gasteiger partial charge in [0.2, 0.25) is 5.91 Å². The SMILES string of the molecule is CN1CC(NC(c2ccccc2)c2ccccc2)C1=O. The van der Waals surface area contributed by atoms with Crippen LogP contribution in [-0.2, 0) is 4.79 Å². The number of benzene rings is 2. The number of hydrogen-bond donors (Lipinski definition) is 1. The van der Waals surface area contributed by atoms with Gasteiger partial charge in [0.1, 0.15) is 6.04 Å². The van der Waals surface area contributed by atoms with Crippen molar-refractivity contribution in [1.82, 2.24) is 10.2 Å². The number of β-lactam (4-membered cyclic amide) rings is 1. The summed E-state index contributed by atoms with van der Waals surface area (Å²) in [6.07, 6.45) is 0. The minimum Gasteiger partial charge on any atom is -0.342 e. The summed E-state index contributed by atoms with van der Waals surface area (Å²) in [6.45, 7) is 0.773. The van der Waals surface area contributed by atoms with Crippen molar-refractivity contribution in [2.45, 2.75) is 12.1 Å². The van der Waals surface area contributed by atoms with Gasteiger partial charge in [-0.25, -0.2) is 0 Å². The zero-order valence-corrected chi connectivity index (χ0v) is 11.5. The van der Waals surface area contributed by atoms with Gasteiger partial charge in [-0.15, -0.1) is 0 Å². The summed E-state index contributed by atoms with van der Waals surface area (Å²) >= 11 is 0. The molecule has 3 heteroatoms. The molecule has 1 heterocycles. The Kier molecular flexibility index (Phi) is 3.52. The fourth-order valence-electron chi connectivity index (χ4n) is 2.60. The summed E-state index contributed by atoms with van der Waals surface area (Å²) in [4.78, 5) is 13.6. The third-order valence-electron chi connectivity index (χ3n) is 3.76. The molecule has 1 aliphatic rings. The van der Waals surface area contributed by atoms with Crippen molar-refractivity contribution in [3.8, 4) is 0 Å². The van der Waals surface area contributed by atoms with Gasteiger partial charge in [0.25, 0.3) is 0 Å². The normalized spacial score (nSPS) is 18.2. The van der Waals surface area contributed by atoms with Crippen LogP contribution in [0.15, 0.2) is 60.7 Å². The molecule has 3 rings (SSSR count). The Morgan fingerprint density at radius 2 is 1.50 bits per heavy atom. The number of likely N-dealkylation sites (tertiary alicyclic amines) is 1. The summed E-state index contributed by atoms with van der Waals surface area (Å²) < 4.78 is 0. The molecule has 1 unspecified atom stereocenters. The van der Waals surface area contributed by atoms with Crippen molar-refractivity contribution in [2.24, 2.45) is 0 Å². The Morgan fingerprint density at radius 1 is 1.00 bits per heavy atom. The highest BCUT2D eigenvalue weighted by atomic mass is 16.2. The molecule has 1 atom stereocenters. The number of carbonyl (C=O) groups is 1. The second kappa shape index (κ2) is 5.47. The molecule has 1 fully saturated rings. The van der Waals surface area contributed by atoms with Gasteiger partial charge < -0.3 is 4.90 Å². The van der Waals surface area contributed by atoms with E-state index in [1.54, 1.807) is 4.90 Å². The highest BCUT2D eigenvalue weighted by Gasteiger charge is 2.35. The van der Waals surface area contributed by atoms with Gasteiger partial charge in [-0.05, 0) is 11.1 Å². The quantitative estimate of drug-likeness (QED) is 0.861. The van der Waals surface area contributed by atoms with Crippen LogP contribution in [0.3, 0.4) is 0 Å². The lowest BCUT2D eigenvalue weighted by Gasteiger charge is -2.38. The number of hydrogen-bond acceptors (Lipinski definition) is 2. The van der Waals surface area contributed by atoms with Crippen LogP contribution in [0, 0.1) is 0 Å². The molecule has 0 radical (unpaired) electrons. The molecule has 1 N–H and O–H groups in total. The summed E-state index contributed by atoms with van der Waals surface area (Å²) in [7, 11) is 1.83. The van der Waals surface area contributed by atoms with Crippen molar-refractivity contribution >= 4 is 5.91 Å². The van der Waals surface area contributed by atoms with E-state index < -0.39 is 0 Å². The average molecular weight is 266 g/mol. The standard InChI is InChI=1S/C17H18N2O/c1-19-12-15(17(19)20)18-16(13-8-4-2-5-9-13)14-10-6-3-7-11-14/h2-11,15-16,18H,12H2,1H3. The number of likely N-dealkylation sites (N-methyl/N-ethyl adjacent to an activating group) is 1. The van der Waals surface area contributed by atoms with Crippen LogP contribution in [0.5, 0.6) is 0 Å². The Labute approximate surface area is 119 Å². The maximum atomic E-state index is 11.8. The molecule has 3 nitrogen and oxygen atoms in total. The molecule has 2 aromatic carbocycles. The van der Waals surface area contributed by atoms with E-state index in [1.165, 1.54) is 11.1 Å². The first kappa shape index (κ1) is 12.9. The van der Waals surface area contributed by atoms with Gasteiger partial charge in [0, 0.05) is 13.6 Å². The molecule has 20 heavy (non-hydrogen) atoms. The Hall–Kier alpha value is -2.13. The third kappa shape index (κ3) is 2.45. The summed E-state index contributed by atoms with van der Waals surface area (Å²) in [5, 5.41) is 3.47. The minimum atomic E-state index is -0.0783. The van der Waals surface area contributed by atoms with Crippen LogP contribution in [0.1, 0.15) is 17.2 Å². The van der Waals surface area contributed by atoms with Gasteiger partial charge in [-0.1, -0.05) is 60.7 Å². The van der Waals surface area contributed by atoms with Crippen LogP contribution in [-0.4, -0.2) is 30.4 Å². The predicted molar refractivity (Wildman–Crippen MR) is 79.3 cm³/mol. The second-order valence-corrected chi connectivity index (χ2v) is 5.19. The summed E-state index contributed by atoms with van der Waals surface area (Å²) in [6, 6.07) is 20.5. The van der Waals surface area contributed by atoms with Gasteiger partial charge in [-0.2, -0.15) is 0 Å². The van der Waals surface area contributed by atoms with E-state index in [-0.39, 0.29) is 18.0 Å². The van der Waals surface area contributed by atoms with E-state index in [2.05, 4.69) is 29.6 Å². The number of nitrogens with one attached hydrogen (secondary N) is 1. The van der Waals surface area contributed by atoms with E-state index in [1.807, 2.05) is 43.4 Å². The summed E-state index contributed by atoms with van der Waals surface area (Å²) in [5.41, 5.74) is 2.36. The molecule has 0 saturated carbocycles. The van der Waals surface area contributed by atoms with Gasteiger partial charge in [0.15, 0.2) is 0 Å². The van der Waals surface area contributed by atoms with E-state index in [9.17, 15) is 4.79 Å². The molecule has 1 amide bonds. The number of nitrogens with zero attached hydrogens (tertiary/aromatic N) is 1. The zero-order chi connectivity index (χ0) is 13.9. The van der Waals surface area contributed by atoms with E-state index in [0.29, 0.717) is 0 Å². The maximum Gasteiger partial charge on any atom is 0.241 e. The first-order valence-corrected chi connectivity index (χ1v) is 6.86. The van der Waals surface area contributed by atoms with Crippen LogP contribution in [0.2, 0.25) is 0 Å². The molecule has 102 valence electrons. The van der Waals surface area contributed by atoms with Crippen LogP contribution < -0.4 is 5.32 Å². The van der Waals surface area contributed by atoms with Gasteiger partial charge in [0.05, 0.1) is 6.04 Å². The number of rotatable bonds is 4. The fourth-order valence-corrected chi connectivity index (χ4v) is 2.60. The maximum absolute atomic E-state index is 11.8. The van der Waals surface area contributed by atoms with Crippen molar-refractivity contribution in [3.63, 3.8) is 0 Å². The van der Waals surface area contributed by atoms with Crippen LogP contribution in [0.25, 0.3) is 0 Å². The highest BCUT2D eigenvalue weighted by Crippen LogP contribution is 2.24. The Bertz CT molecular complexity index is 543. The minimum absolute atomic E-state index is 0.0556. The fraction of sp³-hybridized carbons (Fsp3) is 0.235. The molecule has 0 aliphatic carbocycles. The smallest absolute Gasteiger partial charge is 0.241 e. The van der Waals surface area contributed by atoms with Crippen LogP contribution >= 0.6 is 0 Å². The number of amides is 1. The Balaban J connectivity index is 1.87. The average Bonchev–Trinajstić information content (AvgIpc) is 2.52. The van der Waals surface area contributed by atoms with E-state index in [0.717, 1.165) is 6.54 Å². The molecule has 0 spiro atoms. The first-order chi connectivity index (χ1) is 9.75. The van der Waals surface area contributed by atoms with Crippen molar-refractivity contribution < 1.29 is 4.79 Å². The third-order valence-corrected chi connectivity index (χ3v) is 3.76. The Morgan fingerprint density at radius 3 is 1.90 bits per heavy atom. The van der Waals surface area contributed by atoms with E-state index in [4.69, 9.17) is 0 Å². The molecule has 2 aromatic rings. The monoisotopic (exact) mass is 266 g/mol. The first-order valence-electron chi connectivity index (χ1n) is 6.86. The summed E-state index contributed by atoms with van der Waals surface area (Å²) in [5.74, 6) is 0.168. The molecule has 1 aliphatic heterocycles. The zero-order valence-electron chi connectivity index (χ0n) is 11.5. The van der Waals surface area contributed by atoms with Crippen LogP contribution in [0.4, 0.5) is 0 Å². The lowest BCUT2D eigenvalue weighted by molar-refractivity contribution is -0.142. The van der Waals surface area contributed by atoms with E-state index >= 15 is 0 Å².